The number of aliphatic hydroxyl groups excluding tert-OH is 2. The summed E-state index contributed by atoms with van der Waals surface area (Å²) in [6.07, 6.45) is 1.01. The highest BCUT2D eigenvalue weighted by atomic mass is 35.5. The van der Waals surface area contributed by atoms with Gasteiger partial charge < -0.3 is 10.2 Å². The quantitative estimate of drug-likeness (QED) is 0.754. The molecule has 78 valence electrons. The monoisotopic (exact) mass is 233 g/mol. The molecule has 0 aliphatic carbocycles. The maximum Gasteiger partial charge on any atom is 0.129 e. The number of halogens is 1. The molecule has 0 bridgehead atoms. The van der Waals surface area contributed by atoms with Gasteiger partial charge in [-0.25, -0.2) is 4.98 Å². The van der Waals surface area contributed by atoms with E-state index in [1.54, 1.807) is 24.0 Å². The fourth-order valence-corrected chi connectivity index (χ4v) is 2.00. The third-order valence-electron chi connectivity index (χ3n) is 1.58. The number of rotatable bonds is 5. The number of nitrogens with zero attached hydrogens (tertiary/aromatic N) is 1. The summed E-state index contributed by atoms with van der Waals surface area (Å²) < 4.78 is 0. The highest BCUT2D eigenvalue weighted by Crippen LogP contribution is 2.15. The molecule has 1 rings (SSSR count). The highest BCUT2D eigenvalue weighted by Gasteiger charge is 2.02. The molecule has 14 heavy (non-hydrogen) atoms. The van der Waals surface area contributed by atoms with Crippen molar-refractivity contribution >= 4 is 23.4 Å². The third-order valence-corrected chi connectivity index (χ3v) is 2.95. The van der Waals surface area contributed by atoms with E-state index in [0.29, 0.717) is 10.9 Å². The van der Waals surface area contributed by atoms with Crippen LogP contribution in [0.5, 0.6) is 0 Å². The Kier molecular flexibility index (Phi) is 5.25. The summed E-state index contributed by atoms with van der Waals surface area (Å²) in [5.41, 5.74) is 1.07. The van der Waals surface area contributed by atoms with Crippen LogP contribution in [0, 0.1) is 0 Å². The van der Waals surface area contributed by atoms with Crippen molar-refractivity contribution in [2.45, 2.75) is 11.9 Å². The Morgan fingerprint density at radius 1 is 1.57 bits per heavy atom. The molecule has 0 saturated heterocycles. The van der Waals surface area contributed by atoms with E-state index in [0.717, 1.165) is 11.3 Å². The molecular formula is C9H12ClNO2S. The summed E-state index contributed by atoms with van der Waals surface area (Å²) in [5, 5.41) is 18.1. The summed E-state index contributed by atoms with van der Waals surface area (Å²) in [7, 11) is 0. The number of hydrogen-bond acceptors (Lipinski definition) is 4. The van der Waals surface area contributed by atoms with Crippen LogP contribution < -0.4 is 0 Å². The van der Waals surface area contributed by atoms with Crippen molar-refractivity contribution in [3.63, 3.8) is 0 Å². The van der Waals surface area contributed by atoms with Gasteiger partial charge in [-0.1, -0.05) is 11.6 Å². The van der Waals surface area contributed by atoms with Crippen molar-refractivity contribution in [1.82, 2.24) is 4.98 Å². The van der Waals surface area contributed by atoms with Gasteiger partial charge in [0, 0.05) is 17.7 Å². The van der Waals surface area contributed by atoms with Crippen molar-refractivity contribution in [3.8, 4) is 0 Å². The smallest absolute Gasteiger partial charge is 0.129 e. The zero-order chi connectivity index (χ0) is 10.4. The normalized spacial score (nSPS) is 12.8. The van der Waals surface area contributed by atoms with E-state index in [1.165, 1.54) is 0 Å². The van der Waals surface area contributed by atoms with E-state index in [2.05, 4.69) is 4.98 Å². The molecule has 1 aromatic rings. The Labute approximate surface area is 92.1 Å². The number of aromatic nitrogens is 1. The molecule has 0 saturated carbocycles. The molecule has 0 aliphatic heterocycles. The van der Waals surface area contributed by atoms with Gasteiger partial charge in [0.1, 0.15) is 5.15 Å². The van der Waals surface area contributed by atoms with Crippen molar-refractivity contribution in [3.05, 3.63) is 29.0 Å². The summed E-state index contributed by atoms with van der Waals surface area (Å²) in [5.74, 6) is 1.29. The Morgan fingerprint density at radius 3 is 3.00 bits per heavy atom. The average Bonchev–Trinajstić information content (AvgIpc) is 2.17. The fraction of sp³-hybridized carbons (Fsp3) is 0.444. The lowest BCUT2D eigenvalue weighted by Gasteiger charge is -2.06. The van der Waals surface area contributed by atoms with Gasteiger partial charge in [0.15, 0.2) is 0 Å². The first-order chi connectivity index (χ1) is 6.72. The van der Waals surface area contributed by atoms with Gasteiger partial charge in [-0.3, -0.25) is 0 Å². The van der Waals surface area contributed by atoms with E-state index in [4.69, 9.17) is 21.8 Å². The largest absolute Gasteiger partial charge is 0.394 e. The molecule has 0 aliphatic rings. The molecule has 0 aromatic carbocycles. The minimum absolute atomic E-state index is 0.190. The zero-order valence-corrected chi connectivity index (χ0v) is 9.13. The second-order valence-corrected chi connectivity index (χ2v) is 4.26. The first-order valence-corrected chi connectivity index (χ1v) is 5.72. The Hall–Kier alpha value is -0.290. The molecule has 1 aromatic heterocycles. The molecule has 0 amide bonds. The lowest BCUT2D eigenvalue weighted by atomic mass is 10.3. The molecule has 3 nitrogen and oxygen atoms in total. The molecule has 2 N–H and O–H groups in total. The van der Waals surface area contributed by atoms with Crippen molar-refractivity contribution in [2.24, 2.45) is 0 Å². The van der Waals surface area contributed by atoms with Gasteiger partial charge in [-0.15, -0.1) is 0 Å². The Morgan fingerprint density at radius 2 is 2.36 bits per heavy atom. The predicted molar refractivity (Wildman–Crippen MR) is 58.5 cm³/mol. The first-order valence-electron chi connectivity index (χ1n) is 4.19. The molecule has 1 heterocycles. The van der Waals surface area contributed by atoms with Gasteiger partial charge in [0.25, 0.3) is 0 Å². The third kappa shape index (κ3) is 4.28. The lowest BCUT2D eigenvalue weighted by Crippen LogP contribution is -2.14. The molecule has 0 fully saturated rings. The van der Waals surface area contributed by atoms with E-state index in [9.17, 15) is 0 Å². The van der Waals surface area contributed by atoms with Gasteiger partial charge >= 0.3 is 0 Å². The van der Waals surface area contributed by atoms with E-state index < -0.39 is 6.10 Å². The van der Waals surface area contributed by atoms with Crippen LogP contribution in [0.15, 0.2) is 18.3 Å². The lowest BCUT2D eigenvalue weighted by molar-refractivity contribution is 0.113. The molecule has 1 unspecified atom stereocenters. The zero-order valence-electron chi connectivity index (χ0n) is 7.56. The van der Waals surface area contributed by atoms with Gasteiger partial charge in [-0.2, -0.15) is 11.8 Å². The standard InChI is InChI=1S/C9H12ClNO2S/c10-9-3-7(1-2-11-9)5-14-6-8(13)4-12/h1-3,8,12-13H,4-6H2. The summed E-state index contributed by atoms with van der Waals surface area (Å²) in [4.78, 5) is 3.87. The topological polar surface area (TPSA) is 53.4 Å². The van der Waals surface area contributed by atoms with Crippen LogP contribution in [0.4, 0.5) is 0 Å². The maximum absolute atomic E-state index is 9.08. The van der Waals surface area contributed by atoms with Gasteiger partial charge in [0.05, 0.1) is 12.7 Å². The fourth-order valence-electron chi connectivity index (χ4n) is 0.898. The number of thioether (sulfide) groups is 1. The van der Waals surface area contributed by atoms with E-state index in [-0.39, 0.29) is 6.61 Å². The van der Waals surface area contributed by atoms with Gasteiger partial charge in [0.2, 0.25) is 0 Å². The average molecular weight is 234 g/mol. The minimum atomic E-state index is -0.641. The van der Waals surface area contributed by atoms with Crippen LogP contribution in [0.25, 0.3) is 0 Å². The summed E-state index contributed by atoms with van der Waals surface area (Å²) >= 11 is 7.26. The number of aliphatic hydroxyl groups is 2. The van der Waals surface area contributed by atoms with Crippen LogP contribution in [-0.2, 0) is 5.75 Å². The van der Waals surface area contributed by atoms with Crippen molar-refractivity contribution in [2.75, 3.05) is 12.4 Å². The summed E-state index contributed by atoms with van der Waals surface area (Å²) in [6.45, 7) is -0.190. The molecule has 5 heteroatoms. The second-order valence-electron chi connectivity index (χ2n) is 2.84. The first kappa shape index (κ1) is 11.8. The molecular weight excluding hydrogens is 222 g/mol. The maximum atomic E-state index is 9.08. The number of pyridine rings is 1. The molecule has 1 atom stereocenters. The van der Waals surface area contributed by atoms with Crippen LogP contribution in [0.1, 0.15) is 5.56 Å². The minimum Gasteiger partial charge on any atom is -0.394 e. The molecule has 0 spiro atoms. The SMILES string of the molecule is OCC(O)CSCc1ccnc(Cl)c1. The van der Waals surface area contributed by atoms with E-state index >= 15 is 0 Å². The van der Waals surface area contributed by atoms with Gasteiger partial charge in [-0.05, 0) is 17.7 Å². The van der Waals surface area contributed by atoms with Crippen LogP contribution in [-0.4, -0.2) is 33.7 Å². The highest BCUT2D eigenvalue weighted by molar-refractivity contribution is 7.98. The molecule has 0 radical (unpaired) electrons. The van der Waals surface area contributed by atoms with Crippen molar-refractivity contribution in [1.29, 1.82) is 0 Å². The predicted octanol–water partition coefficient (Wildman–Crippen LogP) is 1.32. The van der Waals surface area contributed by atoms with Crippen LogP contribution >= 0.6 is 23.4 Å². The number of hydrogen-bond donors (Lipinski definition) is 2. The van der Waals surface area contributed by atoms with Crippen LogP contribution in [0.3, 0.4) is 0 Å². The van der Waals surface area contributed by atoms with Crippen LogP contribution in [0.2, 0.25) is 5.15 Å². The second kappa shape index (κ2) is 6.24. The van der Waals surface area contributed by atoms with Crippen molar-refractivity contribution < 1.29 is 10.2 Å². The Balaban J connectivity index is 2.31. The Bertz CT molecular complexity index is 285. The van der Waals surface area contributed by atoms with E-state index in [1.807, 2.05) is 6.07 Å². The summed E-state index contributed by atoms with van der Waals surface area (Å²) in [6, 6.07) is 3.67.